The van der Waals surface area contributed by atoms with Gasteiger partial charge in [0.2, 0.25) is 11.8 Å². The highest BCUT2D eigenvalue weighted by Gasteiger charge is 2.30. The Balaban J connectivity index is 1.20. The largest absolute Gasteiger partial charge is 0.469 e. The van der Waals surface area contributed by atoms with Crippen LogP contribution >= 0.6 is 0 Å². The van der Waals surface area contributed by atoms with E-state index in [1.54, 1.807) is 25.1 Å². The molecule has 1 saturated heterocycles. The lowest BCUT2D eigenvalue weighted by Crippen LogP contribution is -2.43. The van der Waals surface area contributed by atoms with Crippen LogP contribution in [0.3, 0.4) is 0 Å². The van der Waals surface area contributed by atoms with Crippen molar-refractivity contribution in [1.29, 1.82) is 0 Å². The minimum Gasteiger partial charge on any atom is -0.469 e. The third-order valence-corrected chi connectivity index (χ3v) is 6.22. The summed E-state index contributed by atoms with van der Waals surface area (Å²) in [6.45, 7) is 3.80. The number of carbonyl (C=O) groups excluding carboxylic acids is 2. The number of nitrogens with one attached hydrogen (secondary N) is 4. The minimum absolute atomic E-state index is 0.0764. The maximum Gasteiger partial charge on any atom is 0.259 e. The van der Waals surface area contributed by atoms with Crippen LogP contribution in [-0.4, -0.2) is 22.8 Å². The monoisotopic (exact) mass is 485 g/mol. The topological polar surface area (TPSA) is 121 Å². The third kappa shape index (κ3) is 5.07. The van der Waals surface area contributed by atoms with Gasteiger partial charge in [0.1, 0.15) is 23.3 Å². The van der Waals surface area contributed by atoms with Crippen molar-refractivity contribution in [3.8, 4) is 11.5 Å². The van der Waals surface area contributed by atoms with E-state index in [0.29, 0.717) is 46.3 Å². The number of anilines is 1. The Morgan fingerprint density at radius 1 is 1.03 bits per heavy atom. The van der Waals surface area contributed by atoms with Crippen molar-refractivity contribution < 1.29 is 18.4 Å². The van der Waals surface area contributed by atoms with E-state index in [1.165, 1.54) is 6.26 Å². The summed E-state index contributed by atoms with van der Waals surface area (Å²) in [6.07, 6.45) is 2.13. The van der Waals surface area contributed by atoms with Gasteiger partial charge < -0.3 is 19.5 Å². The van der Waals surface area contributed by atoms with Gasteiger partial charge in [-0.15, -0.1) is 0 Å². The minimum atomic E-state index is -0.346. The number of aromatic nitrogens is 1. The zero-order valence-electron chi connectivity index (χ0n) is 20.0. The summed E-state index contributed by atoms with van der Waals surface area (Å²) in [5, 5.41) is 5.81. The molecule has 0 spiro atoms. The molecule has 1 aliphatic rings. The van der Waals surface area contributed by atoms with Gasteiger partial charge in [-0.05, 0) is 50.1 Å². The van der Waals surface area contributed by atoms with Crippen molar-refractivity contribution in [3.63, 3.8) is 0 Å². The molecule has 36 heavy (non-hydrogen) atoms. The molecule has 0 radical (unpaired) electrons. The Bertz CT molecular complexity index is 1380. The van der Waals surface area contributed by atoms with Crippen LogP contribution in [-0.2, 0) is 11.3 Å². The second kappa shape index (κ2) is 10.2. The number of amides is 2. The zero-order chi connectivity index (χ0) is 25.1. The molecule has 1 aliphatic heterocycles. The van der Waals surface area contributed by atoms with Gasteiger partial charge >= 0.3 is 0 Å². The van der Waals surface area contributed by atoms with Gasteiger partial charge in [-0.1, -0.05) is 36.4 Å². The summed E-state index contributed by atoms with van der Waals surface area (Å²) in [6, 6.07) is 18.6. The van der Waals surface area contributed by atoms with Gasteiger partial charge in [0.25, 0.3) is 5.91 Å². The predicted octanol–water partition coefficient (Wildman–Crippen LogP) is 4.03. The Hall–Kier alpha value is -4.21. The molecular formula is C27H27N5O4. The van der Waals surface area contributed by atoms with Crippen LogP contribution in [0.15, 0.2) is 75.8 Å². The SMILES string of the molecule is Cc1occc1C(=O)Nc1cccc(-c2nc(CNC(=O)C3CC(c4ccccc4)NN3)c(C)o2)c1. The normalized spacial score (nSPS) is 17.2. The van der Waals surface area contributed by atoms with Gasteiger partial charge in [-0.2, -0.15) is 0 Å². The molecule has 4 N–H and O–H groups in total. The molecule has 2 amide bonds. The molecule has 3 heterocycles. The number of nitrogens with zero attached hydrogens (tertiary/aromatic N) is 1. The van der Waals surface area contributed by atoms with Crippen LogP contribution in [0.4, 0.5) is 5.69 Å². The lowest BCUT2D eigenvalue weighted by molar-refractivity contribution is -0.123. The smallest absolute Gasteiger partial charge is 0.259 e. The predicted molar refractivity (Wildman–Crippen MR) is 134 cm³/mol. The van der Waals surface area contributed by atoms with Gasteiger partial charge in [0.15, 0.2) is 0 Å². The molecule has 4 aromatic rings. The highest BCUT2D eigenvalue weighted by Crippen LogP contribution is 2.26. The fraction of sp³-hybridized carbons (Fsp3) is 0.222. The van der Waals surface area contributed by atoms with Crippen molar-refractivity contribution in [2.75, 3.05) is 5.32 Å². The highest BCUT2D eigenvalue weighted by atomic mass is 16.4. The maximum atomic E-state index is 12.7. The first-order valence-corrected chi connectivity index (χ1v) is 11.7. The first kappa shape index (κ1) is 23.5. The molecule has 0 bridgehead atoms. The summed E-state index contributed by atoms with van der Waals surface area (Å²) in [5.41, 5.74) is 9.85. The molecular weight excluding hydrogens is 458 g/mol. The summed E-state index contributed by atoms with van der Waals surface area (Å²) < 4.78 is 11.1. The van der Waals surface area contributed by atoms with Crippen molar-refractivity contribution in [2.24, 2.45) is 0 Å². The van der Waals surface area contributed by atoms with Crippen molar-refractivity contribution >= 4 is 17.5 Å². The number of carbonyl (C=O) groups is 2. The van der Waals surface area contributed by atoms with Crippen LogP contribution in [0.5, 0.6) is 0 Å². The molecule has 184 valence electrons. The molecule has 0 aliphatic carbocycles. The van der Waals surface area contributed by atoms with Crippen LogP contribution in [0.25, 0.3) is 11.5 Å². The van der Waals surface area contributed by atoms with E-state index < -0.39 is 0 Å². The van der Waals surface area contributed by atoms with Crippen LogP contribution in [0.2, 0.25) is 0 Å². The highest BCUT2D eigenvalue weighted by molar-refractivity contribution is 6.05. The molecule has 2 aromatic carbocycles. The van der Waals surface area contributed by atoms with Gasteiger partial charge in [0.05, 0.1) is 18.4 Å². The Kier molecular flexibility index (Phi) is 6.66. The summed E-state index contributed by atoms with van der Waals surface area (Å²) in [5.74, 6) is 1.22. The van der Waals surface area contributed by atoms with Gasteiger partial charge in [-0.3, -0.25) is 9.59 Å². The van der Waals surface area contributed by atoms with Gasteiger partial charge in [-0.25, -0.2) is 15.8 Å². The van der Waals surface area contributed by atoms with Crippen LogP contribution < -0.4 is 21.5 Å². The van der Waals surface area contributed by atoms with Crippen molar-refractivity contribution in [3.05, 3.63) is 95.3 Å². The number of hydrogen-bond donors (Lipinski definition) is 4. The fourth-order valence-corrected chi connectivity index (χ4v) is 4.19. The summed E-state index contributed by atoms with van der Waals surface area (Å²) >= 11 is 0. The molecule has 1 fully saturated rings. The molecule has 9 nitrogen and oxygen atoms in total. The number of aryl methyl sites for hydroxylation is 2. The van der Waals surface area contributed by atoms with E-state index in [0.717, 1.165) is 5.56 Å². The molecule has 5 rings (SSSR count). The fourth-order valence-electron chi connectivity index (χ4n) is 4.19. The number of hydrogen-bond acceptors (Lipinski definition) is 7. The van der Waals surface area contributed by atoms with E-state index in [9.17, 15) is 9.59 Å². The first-order valence-electron chi connectivity index (χ1n) is 11.7. The molecule has 2 unspecified atom stereocenters. The standard InChI is InChI=1S/C27H27N5O4/c1-16-21(11-12-35-16)25(33)29-20-10-6-9-19(13-20)27-30-24(17(2)36-27)15-28-26(34)23-14-22(31-32-23)18-7-4-3-5-8-18/h3-13,22-23,31-32H,14-15H2,1-2H3,(H,28,34)(H,29,33). The van der Waals surface area contributed by atoms with Crippen molar-refractivity contribution in [2.45, 2.75) is 38.9 Å². The number of furan rings is 1. The molecule has 0 saturated carbocycles. The second-order valence-corrected chi connectivity index (χ2v) is 8.71. The molecule has 2 aromatic heterocycles. The average Bonchev–Trinajstić information content (AvgIpc) is 3.63. The zero-order valence-corrected chi connectivity index (χ0v) is 20.0. The molecule has 2 atom stereocenters. The lowest BCUT2D eigenvalue weighted by Gasteiger charge is -2.10. The number of rotatable bonds is 7. The van der Waals surface area contributed by atoms with E-state index in [2.05, 4.69) is 26.5 Å². The Morgan fingerprint density at radius 3 is 2.64 bits per heavy atom. The summed E-state index contributed by atoms with van der Waals surface area (Å²) in [4.78, 5) is 29.8. The van der Waals surface area contributed by atoms with E-state index in [1.807, 2.05) is 49.4 Å². The maximum absolute atomic E-state index is 12.7. The lowest BCUT2D eigenvalue weighted by atomic mass is 10.0. The second-order valence-electron chi connectivity index (χ2n) is 8.71. The Morgan fingerprint density at radius 2 is 1.86 bits per heavy atom. The van der Waals surface area contributed by atoms with E-state index in [-0.39, 0.29) is 30.4 Å². The average molecular weight is 486 g/mol. The van der Waals surface area contributed by atoms with E-state index in [4.69, 9.17) is 8.83 Å². The van der Waals surface area contributed by atoms with E-state index >= 15 is 0 Å². The Labute approximate surface area is 208 Å². The number of hydrazine groups is 1. The van der Waals surface area contributed by atoms with Gasteiger partial charge in [0, 0.05) is 17.3 Å². The molecule has 9 heteroatoms. The van der Waals surface area contributed by atoms with Crippen molar-refractivity contribution in [1.82, 2.24) is 21.2 Å². The van der Waals surface area contributed by atoms with Crippen LogP contribution in [0.1, 0.15) is 45.6 Å². The van der Waals surface area contributed by atoms with Crippen LogP contribution in [0, 0.1) is 13.8 Å². The number of benzene rings is 2. The quantitative estimate of drug-likeness (QED) is 0.312. The summed E-state index contributed by atoms with van der Waals surface area (Å²) in [7, 11) is 0. The first-order chi connectivity index (χ1) is 17.5. The number of oxazole rings is 1. The third-order valence-electron chi connectivity index (χ3n) is 6.22.